The van der Waals surface area contributed by atoms with Crippen molar-refractivity contribution in [2.45, 2.75) is 30.8 Å². The lowest BCUT2D eigenvalue weighted by Gasteiger charge is -2.15. The smallest absolute Gasteiger partial charge is 0.241 e. The topological polar surface area (TPSA) is 72.2 Å². The molecule has 1 unspecified atom stereocenters. The third kappa shape index (κ3) is 5.07. The van der Waals surface area contributed by atoms with Gasteiger partial charge in [0.05, 0.1) is 4.90 Å². The average Bonchev–Trinajstić information content (AvgIpc) is 2.35. The minimum atomic E-state index is -3.49. The third-order valence-electron chi connectivity index (χ3n) is 2.63. The minimum absolute atomic E-state index is 0.0847. The predicted molar refractivity (Wildman–Crippen MR) is 84.8 cm³/mol. The molecule has 0 heterocycles. The van der Waals surface area contributed by atoms with Crippen molar-refractivity contribution in [2.24, 2.45) is 5.73 Å². The predicted octanol–water partition coefficient (Wildman–Crippen LogP) is 2.33. The maximum Gasteiger partial charge on any atom is 0.241 e. The number of hydrogen-bond acceptors (Lipinski definition) is 4. The molecule has 1 atom stereocenters. The molecule has 19 heavy (non-hydrogen) atoms. The lowest BCUT2D eigenvalue weighted by atomic mass is 10.2. The van der Waals surface area contributed by atoms with Crippen LogP contribution in [0.5, 0.6) is 0 Å². The van der Waals surface area contributed by atoms with E-state index < -0.39 is 10.0 Å². The summed E-state index contributed by atoms with van der Waals surface area (Å²) in [5, 5.41) is 0. The Morgan fingerprint density at radius 1 is 1.47 bits per heavy atom. The van der Waals surface area contributed by atoms with Gasteiger partial charge < -0.3 is 5.73 Å². The van der Waals surface area contributed by atoms with E-state index in [9.17, 15) is 8.42 Å². The van der Waals surface area contributed by atoms with Gasteiger partial charge in [0.2, 0.25) is 10.0 Å². The van der Waals surface area contributed by atoms with Crippen molar-refractivity contribution < 1.29 is 8.42 Å². The first-order valence-corrected chi connectivity index (χ1v) is 9.57. The molecule has 0 fully saturated rings. The van der Waals surface area contributed by atoms with Gasteiger partial charge in [0.1, 0.15) is 0 Å². The van der Waals surface area contributed by atoms with Gasteiger partial charge in [0.15, 0.2) is 0 Å². The molecule has 0 aliphatic carbocycles. The van der Waals surface area contributed by atoms with Crippen molar-refractivity contribution in [1.82, 2.24) is 4.72 Å². The zero-order valence-corrected chi connectivity index (χ0v) is 14.2. The molecule has 0 bridgehead atoms. The first-order chi connectivity index (χ1) is 8.90. The van der Waals surface area contributed by atoms with E-state index in [1.165, 1.54) is 0 Å². The highest BCUT2D eigenvalue weighted by molar-refractivity contribution is 9.10. The second-order valence-corrected chi connectivity index (χ2v) is 7.80. The Bertz CT molecular complexity index is 520. The van der Waals surface area contributed by atoms with Crippen LogP contribution in [0.1, 0.15) is 18.9 Å². The van der Waals surface area contributed by atoms with Crippen molar-refractivity contribution in [2.75, 3.05) is 12.0 Å². The number of sulfonamides is 1. The molecule has 4 nitrogen and oxygen atoms in total. The molecule has 108 valence electrons. The largest absolute Gasteiger partial charge is 0.326 e. The summed E-state index contributed by atoms with van der Waals surface area (Å²) < 4.78 is 27.7. The summed E-state index contributed by atoms with van der Waals surface area (Å²) in [6.07, 6.45) is 2.81. The molecule has 0 aromatic heterocycles. The maximum absolute atomic E-state index is 12.2. The zero-order chi connectivity index (χ0) is 14.5. The van der Waals surface area contributed by atoms with Crippen LogP contribution in [0.2, 0.25) is 0 Å². The molecule has 0 saturated heterocycles. The van der Waals surface area contributed by atoms with Crippen molar-refractivity contribution >= 4 is 37.7 Å². The summed E-state index contributed by atoms with van der Waals surface area (Å²) in [7, 11) is -3.49. The molecular formula is C12H19BrN2O2S2. The van der Waals surface area contributed by atoms with E-state index in [0.717, 1.165) is 17.7 Å². The maximum atomic E-state index is 12.2. The molecule has 0 aliphatic heterocycles. The number of rotatable bonds is 7. The van der Waals surface area contributed by atoms with Crippen LogP contribution in [0, 0.1) is 0 Å². The summed E-state index contributed by atoms with van der Waals surface area (Å²) >= 11 is 4.99. The Kier molecular flexibility index (Phi) is 6.82. The molecule has 7 heteroatoms. The van der Waals surface area contributed by atoms with Crippen molar-refractivity contribution in [3.63, 3.8) is 0 Å². The Morgan fingerprint density at radius 2 is 2.16 bits per heavy atom. The van der Waals surface area contributed by atoms with E-state index in [0.29, 0.717) is 11.0 Å². The summed E-state index contributed by atoms with van der Waals surface area (Å²) in [6, 6.07) is 4.96. The number of thioether (sulfide) groups is 1. The second-order valence-electron chi connectivity index (χ2n) is 4.27. The Morgan fingerprint density at radius 3 is 2.68 bits per heavy atom. The molecule has 0 aliphatic rings. The number of hydrogen-bond donors (Lipinski definition) is 2. The van der Waals surface area contributed by atoms with Gasteiger partial charge in [-0.25, -0.2) is 13.1 Å². The van der Waals surface area contributed by atoms with Gasteiger partial charge in [-0.3, -0.25) is 0 Å². The van der Waals surface area contributed by atoms with Gasteiger partial charge >= 0.3 is 0 Å². The van der Waals surface area contributed by atoms with Crippen LogP contribution in [0.4, 0.5) is 0 Å². The summed E-state index contributed by atoms with van der Waals surface area (Å²) in [6.45, 7) is 2.26. The van der Waals surface area contributed by atoms with Gasteiger partial charge in [0, 0.05) is 17.1 Å². The molecule has 0 radical (unpaired) electrons. The quantitative estimate of drug-likeness (QED) is 0.776. The normalized spacial score (nSPS) is 13.5. The van der Waals surface area contributed by atoms with Crippen LogP contribution in [-0.4, -0.2) is 26.5 Å². The van der Waals surface area contributed by atoms with Gasteiger partial charge in [-0.1, -0.05) is 6.07 Å². The van der Waals surface area contributed by atoms with Gasteiger partial charge in [-0.2, -0.15) is 11.8 Å². The number of nitrogens with one attached hydrogen (secondary N) is 1. The summed E-state index contributed by atoms with van der Waals surface area (Å²) in [5.41, 5.74) is 6.42. The molecule has 1 aromatic carbocycles. The van der Waals surface area contributed by atoms with Crippen molar-refractivity contribution in [3.05, 3.63) is 28.2 Å². The summed E-state index contributed by atoms with van der Waals surface area (Å²) in [4.78, 5) is 0.251. The van der Waals surface area contributed by atoms with Crippen LogP contribution >= 0.6 is 27.7 Å². The first kappa shape index (κ1) is 17.0. The monoisotopic (exact) mass is 366 g/mol. The van der Waals surface area contributed by atoms with Crippen LogP contribution in [0.25, 0.3) is 0 Å². The van der Waals surface area contributed by atoms with E-state index in [2.05, 4.69) is 20.7 Å². The third-order valence-corrected chi connectivity index (χ3v) is 5.84. The van der Waals surface area contributed by atoms with Gasteiger partial charge in [0.25, 0.3) is 0 Å². The van der Waals surface area contributed by atoms with Crippen LogP contribution < -0.4 is 10.5 Å². The molecule has 1 rings (SSSR count). The van der Waals surface area contributed by atoms with E-state index in [1.54, 1.807) is 30.0 Å². The highest BCUT2D eigenvalue weighted by Gasteiger charge is 2.20. The second kappa shape index (κ2) is 7.64. The SMILES string of the molecule is CSCCC(C)NS(=O)(=O)c1ccc(CN)cc1Br. The van der Waals surface area contributed by atoms with Crippen molar-refractivity contribution in [3.8, 4) is 0 Å². The Hall–Kier alpha value is -0.0800. The fraction of sp³-hybridized carbons (Fsp3) is 0.500. The van der Waals surface area contributed by atoms with E-state index in [-0.39, 0.29) is 10.9 Å². The lowest BCUT2D eigenvalue weighted by Crippen LogP contribution is -2.33. The standard InChI is InChI=1S/C12H19BrN2O2S2/c1-9(5-6-18-2)15-19(16,17)12-4-3-10(8-14)7-11(12)13/h3-4,7,9,15H,5-6,8,14H2,1-2H3. The Labute approximate surface area is 127 Å². The molecule has 3 N–H and O–H groups in total. The number of nitrogens with two attached hydrogens (primary N) is 1. The van der Waals surface area contributed by atoms with Crippen molar-refractivity contribution in [1.29, 1.82) is 0 Å². The van der Waals surface area contributed by atoms with Crippen LogP contribution in [0.3, 0.4) is 0 Å². The summed E-state index contributed by atoms with van der Waals surface area (Å²) in [5.74, 6) is 0.928. The highest BCUT2D eigenvalue weighted by atomic mass is 79.9. The molecular weight excluding hydrogens is 348 g/mol. The molecule has 0 amide bonds. The zero-order valence-electron chi connectivity index (χ0n) is 11.0. The Balaban J connectivity index is 2.88. The average molecular weight is 367 g/mol. The molecule has 1 aromatic rings. The fourth-order valence-corrected chi connectivity index (χ4v) is 4.56. The lowest BCUT2D eigenvalue weighted by molar-refractivity contribution is 0.556. The first-order valence-electron chi connectivity index (χ1n) is 5.90. The fourth-order valence-electron chi connectivity index (χ4n) is 1.57. The number of benzene rings is 1. The molecule has 0 spiro atoms. The van der Waals surface area contributed by atoms with Crippen LogP contribution in [0.15, 0.2) is 27.6 Å². The van der Waals surface area contributed by atoms with E-state index in [1.807, 2.05) is 13.2 Å². The van der Waals surface area contributed by atoms with E-state index in [4.69, 9.17) is 5.73 Å². The van der Waals surface area contributed by atoms with Crippen LogP contribution in [-0.2, 0) is 16.6 Å². The number of halogens is 1. The van der Waals surface area contributed by atoms with Gasteiger partial charge in [-0.15, -0.1) is 0 Å². The molecule has 0 saturated carbocycles. The van der Waals surface area contributed by atoms with Gasteiger partial charge in [-0.05, 0) is 59.0 Å². The minimum Gasteiger partial charge on any atom is -0.326 e. The highest BCUT2D eigenvalue weighted by Crippen LogP contribution is 2.23. The van der Waals surface area contributed by atoms with E-state index >= 15 is 0 Å².